The number of fused-ring (bicyclic) bond motifs is 2. The minimum atomic E-state index is -0.397. The highest BCUT2D eigenvalue weighted by Crippen LogP contribution is 2.35. The topological polar surface area (TPSA) is 92.3 Å². The van der Waals surface area contributed by atoms with Gasteiger partial charge in [0, 0.05) is 22.3 Å². The lowest BCUT2D eigenvalue weighted by atomic mass is 9.82. The second-order valence-electron chi connectivity index (χ2n) is 8.76. The molecule has 4 aromatic rings. The maximum atomic E-state index is 13.6. The number of anilines is 2. The first-order valence-electron chi connectivity index (χ1n) is 11.4. The van der Waals surface area contributed by atoms with Crippen molar-refractivity contribution in [3.63, 3.8) is 0 Å². The van der Waals surface area contributed by atoms with Gasteiger partial charge in [-0.25, -0.2) is 0 Å². The largest absolute Gasteiger partial charge is 0.321 e. The average molecular weight is 475 g/mol. The van der Waals surface area contributed by atoms with E-state index in [0.29, 0.717) is 11.1 Å². The van der Waals surface area contributed by atoms with Crippen LogP contribution in [-0.4, -0.2) is 23.4 Å². The SMILES string of the molecule is Cc1cccc(C(=O)Nc2cccc3c2C(=O)c2cccc(NC(=O)c4cccc(C)c4)c2C3=O)c1. The molecule has 0 spiro atoms. The van der Waals surface area contributed by atoms with Gasteiger partial charge in [0.2, 0.25) is 0 Å². The number of ketones is 2. The van der Waals surface area contributed by atoms with Crippen molar-refractivity contribution in [2.45, 2.75) is 13.8 Å². The van der Waals surface area contributed by atoms with Gasteiger partial charge in [-0.1, -0.05) is 59.7 Å². The summed E-state index contributed by atoms with van der Waals surface area (Å²) in [5.41, 5.74) is 3.90. The van der Waals surface area contributed by atoms with Gasteiger partial charge < -0.3 is 10.6 Å². The molecule has 0 saturated heterocycles. The normalized spacial score (nSPS) is 11.9. The van der Waals surface area contributed by atoms with E-state index in [1.54, 1.807) is 72.8 Å². The van der Waals surface area contributed by atoms with Crippen molar-refractivity contribution in [1.82, 2.24) is 0 Å². The highest BCUT2D eigenvalue weighted by Gasteiger charge is 2.34. The number of carbonyl (C=O) groups excluding carboxylic acids is 4. The first-order chi connectivity index (χ1) is 17.3. The Labute approximate surface area is 208 Å². The molecule has 0 aromatic heterocycles. The third-order valence-electron chi connectivity index (χ3n) is 6.13. The number of benzene rings is 4. The van der Waals surface area contributed by atoms with Gasteiger partial charge in [0.15, 0.2) is 11.6 Å². The standard InChI is InChI=1S/C30H22N2O4/c1-17-7-3-9-19(15-17)29(35)31-23-13-5-11-21-25(23)27(33)22-12-6-14-24(26(22)28(21)34)32-30(36)20-10-4-8-18(2)16-20/h3-16H,1-2H3,(H,31,35)(H,32,36). The van der Waals surface area contributed by atoms with E-state index in [1.807, 2.05) is 26.0 Å². The smallest absolute Gasteiger partial charge is 0.255 e. The lowest BCUT2D eigenvalue weighted by Crippen LogP contribution is -2.26. The molecule has 1 aliphatic rings. The van der Waals surface area contributed by atoms with E-state index in [4.69, 9.17) is 0 Å². The number of hydrogen-bond donors (Lipinski definition) is 2. The molecular formula is C30H22N2O4. The van der Waals surface area contributed by atoms with Crippen LogP contribution in [0.25, 0.3) is 0 Å². The number of aryl methyl sites for hydroxylation is 2. The summed E-state index contributed by atoms with van der Waals surface area (Å²) >= 11 is 0. The zero-order chi connectivity index (χ0) is 25.4. The molecule has 0 saturated carbocycles. The Kier molecular flexibility index (Phi) is 5.78. The van der Waals surface area contributed by atoms with Crippen molar-refractivity contribution < 1.29 is 19.2 Å². The van der Waals surface area contributed by atoms with Gasteiger partial charge in [0.25, 0.3) is 11.8 Å². The van der Waals surface area contributed by atoms with Crippen molar-refractivity contribution in [3.8, 4) is 0 Å². The number of rotatable bonds is 4. The second kappa shape index (κ2) is 9.07. The summed E-state index contributed by atoms with van der Waals surface area (Å²) < 4.78 is 0. The van der Waals surface area contributed by atoms with Crippen LogP contribution in [0.3, 0.4) is 0 Å². The van der Waals surface area contributed by atoms with Crippen LogP contribution in [0.4, 0.5) is 11.4 Å². The first-order valence-corrected chi connectivity index (χ1v) is 11.4. The van der Waals surface area contributed by atoms with Crippen LogP contribution in [0.1, 0.15) is 63.7 Å². The quantitative estimate of drug-likeness (QED) is 0.356. The van der Waals surface area contributed by atoms with E-state index in [0.717, 1.165) is 11.1 Å². The number of nitrogens with one attached hydrogen (secondary N) is 2. The van der Waals surface area contributed by atoms with Crippen LogP contribution < -0.4 is 10.6 Å². The minimum Gasteiger partial charge on any atom is -0.321 e. The van der Waals surface area contributed by atoms with Crippen LogP contribution in [0, 0.1) is 13.8 Å². The Morgan fingerprint density at radius 1 is 0.556 bits per heavy atom. The van der Waals surface area contributed by atoms with Gasteiger partial charge in [0.1, 0.15) is 0 Å². The maximum Gasteiger partial charge on any atom is 0.255 e. The highest BCUT2D eigenvalue weighted by atomic mass is 16.2. The Morgan fingerprint density at radius 2 is 0.944 bits per heavy atom. The molecule has 0 unspecified atom stereocenters. The Hall–Kier alpha value is -4.84. The van der Waals surface area contributed by atoms with Gasteiger partial charge >= 0.3 is 0 Å². The molecule has 4 aromatic carbocycles. The summed E-state index contributed by atoms with van der Waals surface area (Å²) in [7, 11) is 0. The van der Waals surface area contributed by atoms with Crippen molar-refractivity contribution in [2.75, 3.05) is 10.6 Å². The third kappa shape index (κ3) is 4.09. The van der Waals surface area contributed by atoms with Crippen LogP contribution in [0.2, 0.25) is 0 Å². The fraction of sp³-hybridized carbons (Fsp3) is 0.0667. The van der Waals surface area contributed by atoms with Crippen LogP contribution in [-0.2, 0) is 0 Å². The average Bonchev–Trinajstić information content (AvgIpc) is 2.87. The molecule has 2 N–H and O–H groups in total. The minimum absolute atomic E-state index is 0.137. The molecule has 2 amide bonds. The van der Waals surface area contributed by atoms with Crippen molar-refractivity contribution in [3.05, 3.63) is 129 Å². The van der Waals surface area contributed by atoms with Crippen molar-refractivity contribution >= 4 is 34.8 Å². The monoisotopic (exact) mass is 474 g/mol. The van der Waals surface area contributed by atoms with E-state index in [1.165, 1.54) is 0 Å². The van der Waals surface area contributed by atoms with E-state index < -0.39 is 11.6 Å². The lowest BCUT2D eigenvalue weighted by Gasteiger charge is -2.22. The van der Waals surface area contributed by atoms with E-state index in [9.17, 15) is 19.2 Å². The summed E-state index contributed by atoms with van der Waals surface area (Å²) in [6.07, 6.45) is 0. The van der Waals surface area contributed by atoms with Crippen LogP contribution in [0.15, 0.2) is 84.9 Å². The van der Waals surface area contributed by atoms with Gasteiger partial charge in [-0.15, -0.1) is 0 Å². The van der Waals surface area contributed by atoms with Crippen molar-refractivity contribution in [2.24, 2.45) is 0 Å². The molecule has 0 heterocycles. The highest BCUT2D eigenvalue weighted by molar-refractivity contribution is 6.32. The molecule has 0 radical (unpaired) electrons. The molecule has 5 rings (SSSR count). The molecule has 6 heteroatoms. The molecule has 0 aliphatic heterocycles. The summed E-state index contributed by atoms with van der Waals surface area (Å²) in [5, 5.41) is 5.57. The molecular weight excluding hydrogens is 452 g/mol. The third-order valence-corrected chi connectivity index (χ3v) is 6.13. The van der Waals surface area contributed by atoms with Gasteiger partial charge in [0.05, 0.1) is 22.5 Å². The molecule has 0 bridgehead atoms. The second-order valence-corrected chi connectivity index (χ2v) is 8.76. The van der Waals surface area contributed by atoms with E-state index >= 15 is 0 Å². The molecule has 0 fully saturated rings. The zero-order valence-corrected chi connectivity index (χ0v) is 19.7. The molecule has 6 nitrogen and oxygen atoms in total. The summed E-state index contributed by atoms with van der Waals surface area (Å²) in [4.78, 5) is 52.9. The zero-order valence-electron chi connectivity index (χ0n) is 19.7. The van der Waals surface area contributed by atoms with Gasteiger partial charge in [-0.05, 0) is 50.2 Å². The summed E-state index contributed by atoms with van der Waals surface area (Å²) in [6.45, 7) is 3.77. The van der Waals surface area contributed by atoms with Gasteiger partial charge in [-0.2, -0.15) is 0 Å². The lowest BCUT2D eigenvalue weighted by molar-refractivity contribution is 0.0977. The predicted octanol–water partition coefficient (Wildman–Crippen LogP) is 5.58. The predicted molar refractivity (Wildman–Crippen MR) is 138 cm³/mol. The van der Waals surface area contributed by atoms with Crippen LogP contribution in [0.5, 0.6) is 0 Å². The maximum absolute atomic E-state index is 13.6. The Morgan fingerprint density at radius 3 is 1.33 bits per heavy atom. The van der Waals surface area contributed by atoms with Crippen molar-refractivity contribution in [1.29, 1.82) is 0 Å². The van der Waals surface area contributed by atoms with Crippen LogP contribution >= 0.6 is 0 Å². The molecule has 1 aliphatic carbocycles. The first kappa shape index (κ1) is 22.9. The fourth-order valence-corrected chi connectivity index (χ4v) is 4.41. The summed E-state index contributed by atoms with van der Waals surface area (Å²) in [5.74, 6) is -1.55. The molecule has 0 atom stereocenters. The molecule has 36 heavy (non-hydrogen) atoms. The Bertz CT molecular complexity index is 1470. The number of amides is 2. The number of hydrogen-bond acceptors (Lipinski definition) is 4. The van der Waals surface area contributed by atoms with E-state index in [2.05, 4.69) is 10.6 Å². The van der Waals surface area contributed by atoms with Gasteiger partial charge in [-0.3, -0.25) is 19.2 Å². The van der Waals surface area contributed by atoms with E-state index in [-0.39, 0.29) is 45.4 Å². The summed E-state index contributed by atoms with van der Waals surface area (Å²) in [6, 6.07) is 23.7. The number of carbonyl (C=O) groups is 4. The fourth-order valence-electron chi connectivity index (χ4n) is 4.41. The Balaban J connectivity index is 1.51. The molecule has 176 valence electrons.